The van der Waals surface area contributed by atoms with E-state index < -0.39 is 35.0 Å². The quantitative estimate of drug-likeness (QED) is 0.472. The van der Waals surface area contributed by atoms with Crippen molar-refractivity contribution in [2.75, 3.05) is 6.61 Å². The number of esters is 1. The molecule has 0 bridgehead atoms. The predicted molar refractivity (Wildman–Crippen MR) is 62.1 cm³/mol. The van der Waals surface area contributed by atoms with Gasteiger partial charge in [0.25, 0.3) is 0 Å². The van der Waals surface area contributed by atoms with E-state index in [0.29, 0.717) is 12.1 Å². The van der Waals surface area contributed by atoms with E-state index in [1.807, 2.05) is 0 Å². The van der Waals surface area contributed by atoms with Gasteiger partial charge in [0.2, 0.25) is 0 Å². The highest BCUT2D eigenvalue weighted by Crippen LogP contribution is 2.36. The van der Waals surface area contributed by atoms with Crippen molar-refractivity contribution in [3.63, 3.8) is 0 Å². The predicted octanol–water partition coefficient (Wildman–Crippen LogP) is 4.30. The molecule has 0 spiro atoms. The summed E-state index contributed by atoms with van der Waals surface area (Å²) in [5, 5.41) is 0. The van der Waals surface area contributed by atoms with Crippen molar-refractivity contribution in [3.05, 3.63) is 41.0 Å². The number of carbonyl (C=O) groups excluding carboxylic acids is 1. The molecule has 0 aliphatic rings. The van der Waals surface area contributed by atoms with E-state index in [1.165, 1.54) is 6.92 Å². The molecule has 1 rings (SSSR count). The van der Waals surface area contributed by atoms with Gasteiger partial charge in [0, 0.05) is 6.08 Å². The lowest BCUT2D eigenvalue weighted by atomic mass is 10.0. The average molecular weight is 312 g/mol. The van der Waals surface area contributed by atoms with Gasteiger partial charge in [0.05, 0.1) is 17.7 Å². The number of hydrogen-bond acceptors (Lipinski definition) is 2. The zero-order valence-electron chi connectivity index (χ0n) is 10.7. The van der Waals surface area contributed by atoms with Crippen LogP contribution in [0.4, 0.5) is 26.3 Å². The van der Waals surface area contributed by atoms with Gasteiger partial charge in [-0.15, -0.1) is 0 Å². The van der Waals surface area contributed by atoms with E-state index in [2.05, 4.69) is 4.74 Å². The van der Waals surface area contributed by atoms with Crippen LogP contribution in [-0.2, 0) is 21.9 Å². The molecule has 8 heteroatoms. The smallest absolute Gasteiger partial charge is 0.416 e. The first-order valence-corrected chi connectivity index (χ1v) is 5.68. The van der Waals surface area contributed by atoms with Gasteiger partial charge in [-0.3, -0.25) is 0 Å². The van der Waals surface area contributed by atoms with Crippen LogP contribution in [0.5, 0.6) is 0 Å². The number of benzene rings is 1. The summed E-state index contributed by atoms with van der Waals surface area (Å²) in [5.41, 5.74) is -3.29. The summed E-state index contributed by atoms with van der Waals surface area (Å²) < 4.78 is 79.9. The van der Waals surface area contributed by atoms with E-state index in [1.54, 1.807) is 0 Å². The molecule has 0 radical (unpaired) electrons. The molecule has 21 heavy (non-hydrogen) atoms. The highest BCUT2D eigenvalue weighted by Gasteiger charge is 2.36. The summed E-state index contributed by atoms with van der Waals surface area (Å²) in [6.07, 6.45) is -8.25. The summed E-state index contributed by atoms with van der Waals surface area (Å²) in [6.45, 7) is 1.55. The van der Waals surface area contributed by atoms with E-state index >= 15 is 0 Å². The second-order valence-electron chi connectivity index (χ2n) is 3.92. The fourth-order valence-corrected chi connectivity index (χ4v) is 1.43. The first kappa shape index (κ1) is 17.1. The number of ether oxygens (including phenoxy) is 1. The standard InChI is InChI=1S/C13H10F6O2/c1-2-21-11(20)4-3-8-5-9(12(14,15)16)7-10(6-8)13(17,18)19/h3-7H,2H2,1H3. The van der Waals surface area contributed by atoms with Gasteiger partial charge < -0.3 is 4.74 Å². The van der Waals surface area contributed by atoms with Crippen molar-refractivity contribution < 1.29 is 35.9 Å². The SMILES string of the molecule is CCOC(=O)C=Cc1cc(C(F)(F)F)cc(C(F)(F)F)c1. The lowest BCUT2D eigenvalue weighted by Crippen LogP contribution is -2.11. The van der Waals surface area contributed by atoms with Gasteiger partial charge in [0.15, 0.2) is 0 Å². The van der Waals surface area contributed by atoms with E-state index in [9.17, 15) is 31.1 Å². The normalized spacial score (nSPS) is 12.7. The highest BCUT2D eigenvalue weighted by atomic mass is 19.4. The molecule has 0 aromatic heterocycles. The Kier molecular flexibility index (Phi) is 5.03. The molecular weight excluding hydrogens is 302 g/mol. The molecule has 0 fully saturated rings. The number of hydrogen-bond donors (Lipinski definition) is 0. The van der Waals surface area contributed by atoms with Gasteiger partial charge in [-0.05, 0) is 36.8 Å². The molecule has 1 aromatic carbocycles. The van der Waals surface area contributed by atoms with Gasteiger partial charge in [0.1, 0.15) is 0 Å². The molecule has 0 amide bonds. The Balaban J connectivity index is 3.23. The van der Waals surface area contributed by atoms with Crippen LogP contribution in [-0.4, -0.2) is 12.6 Å². The third-order valence-electron chi connectivity index (χ3n) is 2.31. The van der Waals surface area contributed by atoms with Crippen molar-refractivity contribution in [1.82, 2.24) is 0 Å². The van der Waals surface area contributed by atoms with Crippen LogP contribution < -0.4 is 0 Å². The van der Waals surface area contributed by atoms with E-state index in [4.69, 9.17) is 0 Å². The fraction of sp³-hybridized carbons (Fsp3) is 0.308. The maximum absolute atomic E-state index is 12.6. The molecule has 0 N–H and O–H groups in total. The van der Waals surface area contributed by atoms with Crippen molar-refractivity contribution in [1.29, 1.82) is 0 Å². The van der Waals surface area contributed by atoms with Crippen LogP contribution in [0.2, 0.25) is 0 Å². The molecule has 2 nitrogen and oxygen atoms in total. The van der Waals surface area contributed by atoms with Gasteiger partial charge >= 0.3 is 18.3 Å². The number of halogens is 6. The molecule has 0 saturated heterocycles. The first-order chi connectivity index (χ1) is 9.54. The van der Waals surface area contributed by atoms with E-state index in [-0.39, 0.29) is 12.7 Å². The maximum atomic E-state index is 12.6. The summed E-state index contributed by atoms with van der Waals surface area (Å²) in [6, 6.07) is 1.05. The minimum atomic E-state index is -4.92. The average Bonchev–Trinajstić information content (AvgIpc) is 2.34. The molecule has 0 saturated carbocycles. The number of alkyl halides is 6. The fourth-order valence-electron chi connectivity index (χ4n) is 1.43. The summed E-state index contributed by atoms with van der Waals surface area (Å²) in [7, 11) is 0. The third kappa shape index (κ3) is 5.13. The van der Waals surface area contributed by atoms with Crippen molar-refractivity contribution in [2.45, 2.75) is 19.3 Å². The Morgan fingerprint density at radius 1 is 1.05 bits per heavy atom. The number of carbonyl (C=O) groups is 1. The van der Waals surface area contributed by atoms with Crippen molar-refractivity contribution in [2.24, 2.45) is 0 Å². The van der Waals surface area contributed by atoms with Crippen LogP contribution in [0.1, 0.15) is 23.6 Å². The Hall–Kier alpha value is -1.99. The van der Waals surface area contributed by atoms with Crippen LogP contribution in [0, 0.1) is 0 Å². The summed E-state index contributed by atoms with van der Waals surface area (Å²) in [5.74, 6) is -0.858. The molecule has 0 atom stereocenters. The molecule has 0 aliphatic heterocycles. The largest absolute Gasteiger partial charge is 0.463 e. The van der Waals surface area contributed by atoms with Crippen molar-refractivity contribution in [3.8, 4) is 0 Å². The van der Waals surface area contributed by atoms with Crippen LogP contribution in [0.25, 0.3) is 6.08 Å². The second kappa shape index (κ2) is 6.19. The maximum Gasteiger partial charge on any atom is 0.416 e. The van der Waals surface area contributed by atoms with Crippen LogP contribution in [0.3, 0.4) is 0 Å². The molecule has 1 aromatic rings. The van der Waals surface area contributed by atoms with Gasteiger partial charge in [-0.1, -0.05) is 0 Å². The Morgan fingerprint density at radius 3 is 1.90 bits per heavy atom. The molecule has 116 valence electrons. The first-order valence-electron chi connectivity index (χ1n) is 5.68. The van der Waals surface area contributed by atoms with Gasteiger partial charge in [-0.25, -0.2) is 4.79 Å². The third-order valence-corrected chi connectivity index (χ3v) is 2.31. The number of rotatable bonds is 3. The van der Waals surface area contributed by atoms with Crippen LogP contribution >= 0.6 is 0 Å². The Bertz CT molecular complexity index is 510. The zero-order valence-corrected chi connectivity index (χ0v) is 10.7. The van der Waals surface area contributed by atoms with E-state index in [0.717, 1.165) is 12.2 Å². The Morgan fingerprint density at radius 2 is 1.52 bits per heavy atom. The summed E-state index contributed by atoms with van der Waals surface area (Å²) >= 11 is 0. The minimum absolute atomic E-state index is 0.0156. The molecule has 0 unspecified atom stereocenters. The molecule has 0 heterocycles. The molecular formula is C13H10F6O2. The molecule has 0 aliphatic carbocycles. The lowest BCUT2D eigenvalue weighted by Gasteiger charge is -2.12. The lowest BCUT2D eigenvalue weighted by molar-refractivity contribution is -0.143. The highest BCUT2D eigenvalue weighted by molar-refractivity contribution is 5.87. The van der Waals surface area contributed by atoms with Crippen molar-refractivity contribution >= 4 is 12.0 Å². The zero-order chi connectivity index (χ0) is 16.3. The van der Waals surface area contributed by atoms with Gasteiger partial charge in [-0.2, -0.15) is 26.3 Å². The Labute approximate surface area is 116 Å². The van der Waals surface area contributed by atoms with Crippen LogP contribution in [0.15, 0.2) is 24.3 Å². The summed E-state index contributed by atoms with van der Waals surface area (Å²) in [4.78, 5) is 11.0. The monoisotopic (exact) mass is 312 g/mol. The minimum Gasteiger partial charge on any atom is -0.463 e. The second-order valence-corrected chi connectivity index (χ2v) is 3.92. The topological polar surface area (TPSA) is 26.3 Å².